The molecule has 2 rings (SSSR count). The van der Waals surface area contributed by atoms with Crippen molar-refractivity contribution >= 4 is 31.7 Å². The van der Waals surface area contributed by atoms with E-state index in [9.17, 15) is 22.7 Å². The van der Waals surface area contributed by atoms with Crippen LogP contribution in [-0.2, 0) is 21.1 Å². The minimum Gasteiger partial charge on any atom is -0.481 e. The molecule has 1 saturated heterocycles. The van der Waals surface area contributed by atoms with E-state index in [0.29, 0.717) is 16.5 Å². The zero-order chi connectivity index (χ0) is 14.9. The number of carboxylic acid groups (broad SMARTS) is 1. The minimum absolute atomic E-state index is 0.00856. The highest BCUT2D eigenvalue weighted by Gasteiger charge is 2.37. The van der Waals surface area contributed by atoms with Gasteiger partial charge in [0.15, 0.2) is 9.84 Å². The van der Waals surface area contributed by atoms with Crippen molar-refractivity contribution in [2.24, 2.45) is 11.8 Å². The Morgan fingerprint density at radius 2 is 2.20 bits per heavy atom. The molecule has 1 N–H and O–H groups in total. The second kappa shape index (κ2) is 5.81. The van der Waals surface area contributed by atoms with Crippen molar-refractivity contribution < 1.29 is 22.7 Å². The number of carbonyl (C=O) groups is 1. The Kier molecular flexibility index (Phi) is 4.49. The molecular formula is C13H14BrFO4S. The number of carboxylic acids is 1. The molecule has 0 bridgehead atoms. The van der Waals surface area contributed by atoms with E-state index >= 15 is 0 Å². The Bertz CT molecular complexity index is 629. The average molecular weight is 365 g/mol. The highest BCUT2D eigenvalue weighted by molar-refractivity contribution is 9.10. The van der Waals surface area contributed by atoms with Crippen molar-refractivity contribution in [3.8, 4) is 0 Å². The fourth-order valence-electron chi connectivity index (χ4n) is 2.52. The molecule has 0 amide bonds. The standard InChI is InChI=1S/C13H14BrFO4S/c14-10-2-1-8(12(15)6-10)5-11(13(16)17)9-3-4-20(18,19)7-9/h1-2,6,9,11H,3-5,7H2,(H,16,17). The normalized spacial score (nSPS) is 22.6. The van der Waals surface area contributed by atoms with Crippen molar-refractivity contribution in [2.45, 2.75) is 12.8 Å². The molecule has 1 aromatic carbocycles. The lowest BCUT2D eigenvalue weighted by atomic mass is 9.86. The number of hydrogen-bond acceptors (Lipinski definition) is 3. The van der Waals surface area contributed by atoms with Gasteiger partial charge < -0.3 is 5.11 Å². The van der Waals surface area contributed by atoms with Gasteiger partial charge >= 0.3 is 5.97 Å². The van der Waals surface area contributed by atoms with Crippen molar-refractivity contribution in [2.75, 3.05) is 11.5 Å². The van der Waals surface area contributed by atoms with Gasteiger partial charge in [-0.3, -0.25) is 4.79 Å². The average Bonchev–Trinajstić information content (AvgIpc) is 2.68. The summed E-state index contributed by atoms with van der Waals surface area (Å²) >= 11 is 3.14. The van der Waals surface area contributed by atoms with Gasteiger partial charge in [0, 0.05) is 4.47 Å². The van der Waals surface area contributed by atoms with Crippen LogP contribution in [0.5, 0.6) is 0 Å². The smallest absolute Gasteiger partial charge is 0.307 e. The fourth-order valence-corrected chi connectivity index (χ4v) is 4.73. The molecule has 0 saturated carbocycles. The third kappa shape index (κ3) is 3.58. The lowest BCUT2D eigenvalue weighted by molar-refractivity contribution is -0.143. The molecule has 4 nitrogen and oxygen atoms in total. The molecule has 0 aromatic heterocycles. The molecule has 1 aliphatic rings. The van der Waals surface area contributed by atoms with Crippen LogP contribution in [0.2, 0.25) is 0 Å². The highest BCUT2D eigenvalue weighted by atomic mass is 79.9. The topological polar surface area (TPSA) is 71.4 Å². The molecule has 2 atom stereocenters. The van der Waals surface area contributed by atoms with Gasteiger partial charge in [-0.05, 0) is 36.5 Å². The molecule has 2 unspecified atom stereocenters. The first-order valence-corrected chi connectivity index (χ1v) is 8.77. The number of rotatable bonds is 4. The molecule has 1 aromatic rings. The van der Waals surface area contributed by atoms with Crippen LogP contribution in [-0.4, -0.2) is 31.0 Å². The Morgan fingerprint density at radius 3 is 2.70 bits per heavy atom. The van der Waals surface area contributed by atoms with Crippen LogP contribution in [0.25, 0.3) is 0 Å². The van der Waals surface area contributed by atoms with E-state index in [2.05, 4.69) is 15.9 Å². The quantitative estimate of drug-likeness (QED) is 0.889. The summed E-state index contributed by atoms with van der Waals surface area (Å²) in [5.74, 6) is -2.98. The van der Waals surface area contributed by atoms with Crippen LogP contribution >= 0.6 is 15.9 Å². The third-order valence-electron chi connectivity index (χ3n) is 3.61. The molecule has 1 fully saturated rings. The molecule has 1 heterocycles. The van der Waals surface area contributed by atoms with Gasteiger partial charge in [0.1, 0.15) is 5.82 Å². The fraction of sp³-hybridized carbons (Fsp3) is 0.462. The number of hydrogen-bond donors (Lipinski definition) is 1. The molecule has 7 heteroatoms. The Labute approximate surface area is 125 Å². The zero-order valence-electron chi connectivity index (χ0n) is 10.6. The Hall–Kier alpha value is -0.950. The van der Waals surface area contributed by atoms with Crippen molar-refractivity contribution in [1.29, 1.82) is 0 Å². The van der Waals surface area contributed by atoms with Crippen LogP contribution in [0.15, 0.2) is 22.7 Å². The van der Waals surface area contributed by atoms with Gasteiger partial charge in [-0.15, -0.1) is 0 Å². The van der Waals surface area contributed by atoms with Crippen LogP contribution in [0.1, 0.15) is 12.0 Å². The van der Waals surface area contributed by atoms with Crippen molar-refractivity contribution in [3.63, 3.8) is 0 Å². The summed E-state index contributed by atoms with van der Waals surface area (Å²) in [6.07, 6.45) is 0.339. The predicted molar refractivity (Wildman–Crippen MR) is 75.7 cm³/mol. The van der Waals surface area contributed by atoms with Gasteiger partial charge in [0.05, 0.1) is 17.4 Å². The number of aliphatic carboxylic acids is 1. The van der Waals surface area contributed by atoms with Gasteiger partial charge in [-0.25, -0.2) is 12.8 Å². The summed E-state index contributed by atoms with van der Waals surface area (Å²) in [6, 6.07) is 4.45. The maximum atomic E-state index is 13.8. The maximum Gasteiger partial charge on any atom is 0.307 e. The highest BCUT2D eigenvalue weighted by Crippen LogP contribution is 2.30. The van der Waals surface area contributed by atoms with Gasteiger partial charge in [0.2, 0.25) is 0 Å². The summed E-state index contributed by atoms with van der Waals surface area (Å²) in [6.45, 7) is 0. The first kappa shape index (κ1) is 15.4. The predicted octanol–water partition coefficient (Wildman–Crippen LogP) is 2.27. The Balaban J connectivity index is 2.20. The minimum atomic E-state index is -3.15. The molecule has 0 radical (unpaired) electrons. The number of benzene rings is 1. The lowest BCUT2D eigenvalue weighted by Gasteiger charge is -2.18. The summed E-state index contributed by atoms with van der Waals surface area (Å²) in [5.41, 5.74) is 0.296. The second-order valence-corrected chi connectivity index (χ2v) is 8.19. The van der Waals surface area contributed by atoms with E-state index in [0.717, 1.165) is 0 Å². The monoisotopic (exact) mass is 364 g/mol. The molecule has 110 valence electrons. The van der Waals surface area contributed by atoms with E-state index in [4.69, 9.17) is 0 Å². The molecule has 0 aliphatic carbocycles. The van der Waals surface area contributed by atoms with Crippen LogP contribution in [0, 0.1) is 17.7 Å². The van der Waals surface area contributed by atoms with Gasteiger partial charge in [0.25, 0.3) is 0 Å². The van der Waals surface area contributed by atoms with Crippen LogP contribution in [0.4, 0.5) is 4.39 Å². The Morgan fingerprint density at radius 1 is 1.50 bits per heavy atom. The second-order valence-electron chi connectivity index (χ2n) is 5.05. The summed E-state index contributed by atoms with van der Waals surface area (Å²) in [4.78, 5) is 11.4. The molecule has 1 aliphatic heterocycles. The van der Waals surface area contributed by atoms with E-state index in [-0.39, 0.29) is 17.9 Å². The van der Waals surface area contributed by atoms with Crippen molar-refractivity contribution in [1.82, 2.24) is 0 Å². The molecule has 0 spiro atoms. The van der Waals surface area contributed by atoms with Gasteiger partial charge in [-0.1, -0.05) is 22.0 Å². The summed E-state index contributed by atoms with van der Waals surface area (Å²) < 4.78 is 37.3. The lowest BCUT2D eigenvalue weighted by Crippen LogP contribution is -2.27. The maximum absolute atomic E-state index is 13.8. The largest absolute Gasteiger partial charge is 0.481 e. The summed E-state index contributed by atoms with van der Waals surface area (Å²) in [7, 11) is -3.15. The molecular weight excluding hydrogens is 351 g/mol. The number of sulfone groups is 1. The molecule has 20 heavy (non-hydrogen) atoms. The van der Waals surface area contributed by atoms with E-state index in [1.807, 2.05) is 0 Å². The first-order chi connectivity index (χ1) is 9.28. The third-order valence-corrected chi connectivity index (χ3v) is 5.90. The van der Waals surface area contributed by atoms with E-state index < -0.39 is 33.5 Å². The van der Waals surface area contributed by atoms with Crippen LogP contribution < -0.4 is 0 Å². The van der Waals surface area contributed by atoms with Gasteiger partial charge in [-0.2, -0.15) is 0 Å². The van der Waals surface area contributed by atoms with E-state index in [1.54, 1.807) is 6.07 Å². The SMILES string of the molecule is O=C(O)C(Cc1ccc(Br)cc1F)C1CCS(=O)(=O)C1. The number of halogens is 2. The first-order valence-electron chi connectivity index (χ1n) is 6.15. The summed E-state index contributed by atoms with van der Waals surface area (Å²) in [5, 5.41) is 9.28. The van der Waals surface area contributed by atoms with Crippen LogP contribution in [0.3, 0.4) is 0 Å². The zero-order valence-corrected chi connectivity index (χ0v) is 13.0. The van der Waals surface area contributed by atoms with Crippen molar-refractivity contribution in [3.05, 3.63) is 34.1 Å². The van der Waals surface area contributed by atoms with E-state index in [1.165, 1.54) is 12.1 Å².